The molecule has 0 saturated carbocycles. The SMILES string of the molecule is CC(C)(C)NC(=O)CCNC(=O)CCBr. The first kappa shape index (κ1) is 14.4. The molecule has 0 fully saturated rings. The van der Waals surface area contributed by atoms with Crippen LogP contribution in [0.1, 0.15) is 33.6 Å². The van der Waals surface area contributed by atoms with Crippen molar-refractivity contribution in [3.05, 3.63) is 0 Å². The lowest BCUT2D eigenvalue weighted by molar-refractivity contribution is -0.123. The first-order valence-corrected chi connectivity index (χ1v) is 6.11. The van der Waals surface area contributed by atoms with Crippen LogP contribution in [0.5, 0.6) is 0 Å². The molecule has 0 rings (SSSR count). The van der Waals surface area contributed by atoms with Crippen molar-refractivity contribution in [2.75, 3.05) is 11.9 Å². The highest BCUT2D eigenvalue weighted by Crippen LogP contribution is 1.98. The van der Waals surface area contributed by atoms with Gasteiger partial charge in [0.25, 0.3) is 0 Å². The number of alkyl halides is 1. The summed E-state index contributed by atoms with van der Waals surface area (Å²) < 4.78 is 0. The average molecular weight is 279 g/mol. The van der Waals surface area contributed by atoms with E-state index in [-0.39, 0.29) is 17.4 Å². The van der Waals surface area contributed by atoms with Crippen molar-refractivity contribution in [1.82, 2.24) is 10.6 Å². The summed E-state index contributed by atoms with van der Waals surface area (Å²) in [6, 6.07) is 0. The van der Waals surface area contributed by atoms with E-state index in [9.17, 15) is 9.59 Å². The molecular weight excluding hydrogens is 260 g/mol. The highest BCUT2D eigenvalue weighted by atomic mass is 79.9. The summed E-state index contributed by atoms with van der Waals surface area (Å²) in [5, 5.41) is 6.14. The van der Waals surface area contributed by atoms with Gasteiger partial charge in [-0.2, -0.15) is 0 Å². The maximum Gasteiger partial charge on any atom is 0.222 e. The second-order valence-electron chi connectivity index (χ2n) is 4.34. The van der Waals surface area contributed by atoms with Crippen LogP contribution in [0, 0.1) is 0 Å². The van der Waals surface area contributed by atoms with Crippen LogP contribution in [0.4, 0.5) is 0 Å². The lowest BCUT2D eigenvalue weighted by Gasteiger charge is -2.20. The quantitative estimate of drug-likeness (QED) is 0.743. The van der Waals surface area contributed by atoms with Gasteiger partial charge in [0.2, 0.25) is 11.8 Å². The van der Waals surface area contributed by atoms with Crippen LogP contribution in [0.25, 0.3) is 0 Å². The molecule has 0 aromatic heterocycles. The minimum absolute atomic E-state index is 0.0320. The number of carbonyl (C=O) groups excluding carboxylic acids is 2. The topological polar surface area (TPSA) is 58.2 Å². The van der Waals surface area contributed by atoms with Gasteiger partial charge in [0.15, 0.2) is 0 Å². The summed E-state index contributed by atoms with van der Waals surface area (Å²) in [6.45, 7) is 6.17. The van der Waals surface area contributed by atoms with E-state index in [0.29, 0.717) is 24.7 Å². The molecule has 88 valence electrons. The van der Waals surface area contributed by atoms with Crippen molar-refractivity contribution in [1.29, 1.82) is 0 Å². The molecule has 0 bridgehead atoms. The first-order valence-electron chi connectivity index (χ1n) is 4.99. The molecular formula is C10H19BrN2O2. The second-order valence-corrected chi connectivity index (χ2v) is 5.13. The fourth-order valence-corrected chi connectivity index (χ4v) is 1.33. The summed E-state index contributed by atoms with van der Waals surface area (Å²) >= 11 is 3.17. The number of amides is 2. The van der Waals surface area contributed by atoms with Gasteiger partial charge in [-0.25, -0.2) is 0 Å². The fourth-order valence-electron chi connectivity index (χ4n) is 0.970. The van der Waals surface area contributed by atoms with E-state index >= 15 is 0 Å². The van der Waals surface area contributed by atoms with Crippen molar-refractivity contribution in [2.24, 2.45) is 0 Å². The Morgan fingerprint density at radius 3 is 2.20 bits per heavy atom. The van der Waals surface area contributed by atoms with Gasteiger partial charge in [0.05, 0.1) is 0 Å². The number of rotatable bonds is 5. The van der Waals surface area contributed by atoms with Gasteiger partial charge in [-0.15, -0.1) is 0 Å². The van der Waals surface area contributed by atoms with Gasteiger partial charge in [-0.3, -0.25) is 9.59 Å². The standard InChI is InChI=1S/C10H19BrN2O2/c1-10(2,3)13-9(15)5-7-12-8(14)4-6-11/h4-7H2,1-3H3,(H,12,14)(H,13,15). The van der Waals surface area contributed by atoms with E-state index in [1.165, 1.54) is 0 Å². The molecule has 2 amide bonds. The molecule has 4 nitrogen and oxygen atoms in total. The third kappa shape index (κ3) is 9.72. The Kier molecular flexibility index (Phi) is 6.56. The van der Waals surface area contributed by atoms with Crippen LogP contribution in [0.3, 0.4) is 0 Å². The zero-order valence-electron chi connectivity index (χ0n) is 9.52. The molecule has 0 atom stereocenters. The minimum atomic E-state index is -0.211. The van der Waals surface area contributed by atoms with Crippen LogP contribution in [0.2, 0.25) is 0 Å². The summed E-state index contributed by atoms with van der Waals surface area (Å²) in [5.74, 6) is -0.0722. The Morgan fingerprint density at radius 2 is 1.73 bits per heavy atom. The highest BCUT2D eigenvalue weighted by molar-refractivity contribution is 9.09. The molecule has 0 aliphatic rings. The molecule has 0 aromatic rings. The van der Waals surface area contributed by atoms with Crippen LogP contribution in [-0.4, -0.2) is 29.2 Å². The van der Waals surface area contributed by atoms with E-state index in [1.54, 1.807) is 0 Å². The Hall–Kier alpha value is -0.580. The van der Waals surface area contributed by atoms with E-state index in [0.717, 1.165) is 0 Å². The maximum atomic E-state index is 11.3. The molecule has 0 aromatic carbocycles. The van der Waals surface area contributed by atoms with Crippen molar-refractivity contribution >= 4 is 27.7 Å². The summed E-state index contributed by atoms with van der Waals surface area (Å²) in [7, 11) is 0. The van der Waals surface area contributed by atoms with Crippen LogP contribution in [-0.2, 0) is 9.59 Å². The Labute approximate surface area is 99.3 Å². The summed E-state index contributed by atoms with van der Waals surface area (Å²) in [4.78, 5) is 22.4. The Balaban J connectivity index is 3.60. The third-order valence-corrected chi connectivity index (χ3v) is 1.91. The molecule has 15 heavy (non-hydrogen) atoms. The molecule has 5 heteroatoms. The lowest BCUT2D eigenvalue weighted by atomic mass is 10.1. The van der Waals surface area contributed by atoms with Gasteiger partial charge in [0, 0.05) is 30.3 Å². The number of hydrogen-bond acceptors (Lipinski definition) is 2. The van der Waals surface area contributed by atoms with Crippen molar-refractivity contribution in [3.63, 3.8) is 0 Å². The van der Waals surface area contributed by atoms with Crippen LogP contribution < -0.4 is 10.6 Å². The van der Waals surface area contributed by atoms with Crippen molar-refractivity contribution in [2.45, 2.75) is 39.2 Å². The molecule has 0 saturated heterocycles. The molecule has 0 aliphatic carbocycles. The zero-order valence-corrected chi connectivity index (χ0v) is 11.1. The Bertz CT molecular complexity index is 224. The van der Waals surface area contributed by atoms with Gasteiger partial charge < -0.3 is 10.6 Å². The van der Waals surface area contributed by atoms with E-state index in [1.807, 2.05) is 20.8 Å². The molecule has 2 N–H and O–H groups in total. The molecule has 0 radical (unpaired) electrons. The monoisotopic (exact) mass is 278 g/mol. The van der Waals surface area contributed by atoms with E-state index < -0.39 is 0 Å². The van der Waals surface area contributed by atoms with Crippen molar-refractivity contribution in [3.8, 4) is 0 Å². The zero-order chi connectivity index (χ0) is 11.9. The fraction of sp³-hybridized carbons (Fsp3) is 0.800. The highest BCUT2D eigenvalue weighted by Gasteiger charge is 2.13. The van der Waals surface area contributed by atoms with Gasteiger partial charge in [-0.05, 0) is 20.8 Å². The largest absolute Gasteiger partial charge is 0.356 e. The summed E-state index contributed by atoms with van der Waals surface area (Å²) in [6.07, 6.45) is 0.770. The molecule has 0 unspecified atom stereocenters. The number of carbonyl (C=O) groups is 2. The van der Waals surface area contributed by atoms with Gasteiger partial charge in [-0.1, -0.05) is 15.9 Å². The average Bonchev–Trinajstić information content (AvgIpc) is 2.00. The van der Waals surface area contributed by atoms with Crippen molar-refractivity contribution < 1.29 is 9.59 Å². The second kappa shape index (κ2) is 6.82. The normalized spacial score (nSPS) is 10.9. The summed E-state index contributed by atoms with van der Waals surface area (Å²) in [5.41, 5.74) is -0.211. The Morgan fingerprint density at radius 1 is 1.13 bits per heavy atom. The van der Waals surface area contributed by atoms with E-state index in [2.05, 4.69) is 26.6 Å². The molecule has 0 aliphatic heterocycles. The molecule has 0 spiro atoms. The minimum Gasteiger partial charge on any atom is -0.356 e. The van der Waals surface area contributed by atoms with Crippen LogP contribution in [0.15, 0.2) is 0 Å². The smallest absolute Gasteiger partial charge is 0.222 e. The van der Waals surface area contributed by atoms with Gasteiger partial charge in [0.1, 0.15) is 0 Å². The predicted octanol–water partition coefficient (Wildman–Crippen LogP) is 1.19. The lowest BCUT2D eigenvalue weighted by Crippen LogP contribution is -2.41. The maximum absolute atomic E-state index is 11.3. The number of hydrogen-bond donors (Lipinski definition) is 2. The van der Waals surface area contributed by atoms with E-state index in [4.69, 9.17) is 0 Å². The van der Waals surface area contributed by atoms with Crippen LogP contribution >= 0.6 is 15.9 Å². The number of halogens is 1. The molecule has 0 heterocycles. The third-order valence-electron chi connectivity index (χ3n) is 1.51. The number of nitrogens with one attached hydrogen (secondary N) is 2. The van der Waals surface area contributed by atoms with Gasteiger partial charge >= 0.3 is 0 Å². The first-order chi connectivity index (χ1) is 6.85. The predicted molar refractivity (Wildman–Crippen MR) is 63.9 cm³/mol.